The summed E-state index contributed by atoms with van der Waals surface area (Å²) >= 11 is 12.1. The Morgan fingerprint density at radius 2 is 2.15 bits per heavy atom. The second-order valence-electron chi connectivity index (χ2n) is 4.39. The van der Waals surface area contributed by atoms with Crippen LogP contribution in [-0.4, -0.2) is 22.0 Å². The fourth-order valence-corrected chi connectivity index (χ4v) is 2.50. The molecule has 0 amide bonds. The summed E-state index contributed by atoms with van der Waals surface area (Å²) < 4.78 is 6.98. The minimum absolute atomic E-state index is 0.433. The number of benzene rings is 1. The molecule has 1 N–H and O–H groups in total. The van der Waals surface area contributed by atoms with E-state index in [4.69, 9.17) is 27.9 Å². The molecule has 0 aliphatic carbocycles. The van der Waals surface area contributed by atoms with Gasteiger partial charge in [0.05, 0.1) is 24.0 Å². The molecule has 0 aliphatic heterocycles. The first kappa shape index (κ1) is 15.2. The second-order valence-corrected chi connectivity index (χ2v) is 5.23. The first-order valence-corrected chi connectivity index (χ1v) is 7.06. The number of halogens is 2. The largest absolute Gasteiger partial charge is 0.496 e. The lowest BCUT2D eigenvalue weighted by atomic mass is 10.1. The van der Waals surface area contributed by atoms with Crippen LogP contribution in [0, 0.1) is 0 Å². The summed E-state index contributed by atoms with van der Waals surface area (Å²) in [5.41, 5.74) is 1.17. The molecule has 6 heteroatoms. The van der Waals surface area contributed by atoms with Gasteiger partial charge in [0.1, 0.15) is 11.9 Å². The third-order valence-electron chi connectivity index (χ3n) is 3.02. The van der Waals surface area contributed by atoms with E-state index in [1.807, 2.05) is 6.92 Å². The third kappa shape index (κ3) is 2.92. The van der Waals surface area contributed by atoms with E-state index in [0.717, 1.165) is 6.42 Å². The van der Waals surface area contributed by atoms with Gasteiger partial charge in [-0.05, 0) is 18.6 Å². The lowest BCUT2D eigenvalue weighted by Crippen LogP contribution is -2.11. The smallest absolute Gasteiger partial charge is 0.126 e. The van der Waals surface area contributed by atoms with Crippen LogP contribution in [0.2, 0.25) is 10.0 Å². The maximum atomic E-state index is 10.6. The van der Waals surface area contributed by atoms with Crippen LogP contribution in [0.15, 0.2) is 24.4 Å². The second kappa shape index (κ2) is 6.48. The molecule has 1 unspecified atom stereocenters. The number of aliphatic hydroxyl groups is 1. The molecular weight excluding hydrogens is 299 g/mol. The van der Waals surface area contributed by atoms with Crippen LogP contribution < -0.4 is 4.74 Å². The Bertz CT molecular complexity index is 599. The Morgan fingerprint density at radius 1 is 1.40 bits per heavy atom. The molecule has 20 heavy (non-hydrogen) atoms. The van der Waals surface area contributed by atoms with E-state index >= 15 is 0 Å². The highest BCUT2D eigenvalue weighted by Crippen LogP contribution is 2.35. The Hall–Kier alpha value is -1.23. The van der Waals surface area contributed by atoms with Crippen molar-refractivity contribution in [1.82, 2.24) is 9.78 Å². The molecule has 1 aromatic heterocycles. The average Bonchev–Trinajstić information content (AvgIpc) is 2.79. The fourth-order valence-electron chi connectivity index (χ4n) is 2.09. The summed E-state index contributed by atoms with van der Waals surface area (Å²) in [6, 6.07) is 5.09. The Balaban J connectivity index is 2.45. The molecule has 0 spiro atoms. The van der Waals surface area contributed by atoms with E-state index in [1.54, 1.807) is 22.9 Å². The molecule has 0 bridgehead atoms. The minimum atomic E-state index is -0.913. The van der Waals surface area contributed by atoms with Crippen LogP contribution in [0.1, 0.15) is 30.7 Å². The number of nitrogens with zero attached hydrogens (tertiary/aromatic N) is 2. The van der Waals surface area contributed by atoms with Gasteiger partial charge in [0, 0.05) is 17.1 Å². The molecule has 108 valence electrons. The Morgan fingerprint density at radius 3 is 2.80 bits per heavy atom. The van der Waals surface area contributed by atoms with Crippen molar-refractivity contribution in [1.29, 1.82) is 0 Å². The fraction of sp³-hybridized carbons (Fsp3) is 0.357. The molecule has 0 radical (unpaired) electrons. The molecule has 0 saturated heterocycles. The number of aryl methyl sites for hydroxylation is 1. The maximum absolute atomic E-state index is 10.6. The van der Waals surface area contributed by atoms with Gasteiger partial charge in [-0.15, -0.1) is 0 Å². The number of aliphatic hydroxyl groups excluding tert-OH is 1. The van der Waals surface area contributed by atoms with Crippen molar-refractivity contribution >= 4 is 23.2 Å². The zero-order chi connectivity index (χ0) is 14.7. The van der Waals surface area contributed by atoms with Gasteiger partial charge in [-0.2, -0.15) is 5.10 Å². The third-order valence-corrected chi connectivity index (χ3v) is 3.54. The van der Waals surface area contributed by atoms with Crippen molar-refractivity contribution in [3.8, 4) is 5.75 Å². The Kier molecular flexibility index (Phi) is 4.91. The summed E-state index contributed by atoms with van der Waals surface area (Å²) in [6.07, 6.45) is 1.52. The number of hydrogen-bond donors (Lipinski definition) is 1. The van der Waals surface area contributed by atoms with Gasteiger partial charge in [0.2, 0.25) is 0 Å². The van der Waals surface area contributed by atoms with Crippen LogP contribution in [0.4, 0.5) is 0 Å². The monoisotopic (exact) mass is 314 g/mol. The highest BCUT2D eigenvalue weighted by atomic mass is 35.5. The van der Waals surface area contributed by atoms with Gasteiger partial charge >= 0.3 is 0 Å². The van der Waals surface area contributed by atoms with Crippen LogP contribution >= 0.6 is 23.2 Å². The molecule has 1 heterocycles. The standard InChI is InChI=1S/C14H16Cl2N2O2/c1-3-6-18-13(11(16)8-17-18)14(19)10-5-4-9(15)7-12(10)20-2/h4-5,7-8,14,19H,3,6H2,1-2H3. The van der Waals surface area contributed by atoms with Gasteiger partial charge in [-0.3, -0.25) is 4.68 Å². The molecule has 0 saturated carbocycles. The lowest BCUT2D eigenvalue weighted by Gasteiger charge is -2.17. The molecule has 2 rings (SSSR count). The molecule has 4 nitrogen and oxygen atoms in total. The molecule has 1 atom stereocenters. The minimum Gasteiger partial charge on any atom is -0.496 e. The van der Waals surface area contributed by atoms with Gasteiger partial charge in [-0.25, -0.2) is 0 Å². The van der Waals surface area contributed by atoms with E-state index in [1.165, 1.54) is 13.3 Å². The number of ether oxygens (including phenoxy) is 1. The predicted octanol–water partition coefficient (Wildman–Crippen LogP) is 3.69. The van der Waals surface area contributed by atoms with Crippen molar-refractivity contribution in [2.75, 3.05) is 7.11 Å². The van der Waals surface area contributed by atoms with Crippen LogP contribution in [0.25, 0.3) is 0 Å². The predicted molar refractivity (Wildman–Crippen MR) is 79.6 cm³/mol. The zero-order valence-electron chi connectivity index (χ0n) is 11.3. The van der Waals surface area contributed by atoms with E-state index in [9.17, 15) is 5.11 Å². The average molecular weight is 315 g/mol. The van der Waals surface area contributed by atoms with Crippen molar-refractivity contribution < 1.29 is 9.84 Å². The maximum Gasteiger partial charge on any atom is 0.126 e. The van der Waals surface area contributed by atoms with Crippen molar-refractivity contribution in [3.05, 3.63) is 45.7 Å². The summed E-state index contributed by atoms with van der Waals surface area (Å²) in [4.78, 5) is 0. The van der Waals surface area contributed by atoms with Gasteiger partial charge in [0.15, 0.2) is 0 Å². The number of aromatic nitrogens is 2. The molecular formula is C14H16Cl2N2O2. The molecule has 0 fully saturated rings. The number of methoxy groups -OCH3 is 1. The first-order chi connectivity index (χ1) is 9.58. The van der Waals surface area contributed by atoms with E-state index in [2.05, 4.69) is 5.10 Å². The van der Waals surface area contributed by atoms with E-state index < -0.39 is 6.10 Å². The van der Waals surface area contributed by atoms with E-state index in [0.29, 0.717) is 33.6 Å². The highest BCUT2D eigenvalue weighted by molar-refractivity contribution is 6.31. The molecule has 0 aliphatic rings. The highest BCUT2D eigenvalue weighted by Gasteiger charge is 2.22. The summed E-state index contributed by atoms with van der Waals surface area (Å²) in [7, 11) is 1.53. The number of hydrogen-bond acceptors (Lipinski definition) is 3. The summed E-state index contributed by atoms with van der Waals surface area (Å²) in [5.74, 6) is 0.519. The Labute approximate surface area is 127 Å². The molecule has 2 aromatic rings. The van der Waals surface area contributed by atoms with Gasteiger partial charge in [-0.1, -0.05) is 36.2 Å². The van der Waals surface area contributed by atoms with Gasteiger partial charge < -0.3 is 9.84 Å². The number of rotatable bonds is 5. The van der Waals surface area contributed by atoms with Crippen molar-refractivity contribution in [2.45, 2.75) is 26.0 Å². The molecule has 1 aromatic carbocycles. The van der Waals surface area contributed by atoms with Crippen molar-refractivity contribution in [3.63, 3.8) is 0 Å². The summed E-state index contributed by atoms with van der Waals surface area (Å²) in [6.45, 7) is 2.73. The summed E-state index contributed by atoms with van der Waals surface area (Å²) in [5, 5.41) is 15.8. The first-order valence-electron chi connectivity index (χ1n) is 6.31. The van der Waals surface area contributed by atoms with Crippen LogP contribution in [-0.2, 0) is 6.54 Å². The zero-order valence-corrected chi connectivity index (χ0v) is 12.8. The topological polar surface area (TPSA) is 47.3 Å². The van der Waals surface area contributed by atoms with Crippen molar-refractivity contribution in [2.24, 2.45) is 0 Å². The lowest BCUT2D eigenvalue weighted by molar-refractivity contribution is 0.202. The SMILES string of the molecule is CCCn1ncc(Cl)c1C(O)c1ccc(Cl)cc1OC. The normalized spacial score (nSPS) is 12.4. The van der Waals surface area contributed by atoms with Crippen LogP contribution in [0.5, 0.6) is 5.75 Å². The van der Waals surface area contributed by atoms with Crippen LogP contribution in [0.3, 0.4) is 0 Å². The van der Waals surface area contributed by atoms with E-state index in [-0.39, 0.29) is 0 Å². The quantitative estimate of drug-likeness (QED) is 0.915. The van der Waals surface area contributed by atoms with Gasteiger partial charge in [0.25, 0.3) is 0 Å².